The molecule has 22 heavy (non-hydrogen) atoms. The Hall–Kier alpha value is -2.46. The van der Waals surface area contributed by atoms with Crippen LogP contribution in [0.25, 0.3) is 22.0 Å². The molecule has 1 heterocycles. The maximum absolute atomic E-state index is 11.9. The highest BCUT2D eigenvalue weighted by Crippen LogP contribution is 2.38. The first-order chi connectivity index (χ1) is 10.6. The monoisotopic (exact) mass is 315 g/mol. The fourth-order valence-electron chi connectivity index (χ4n) is 2.50. The van der Waals surface area contributed by atoms with E-state index in [1.54, 1.807) is 32.4 Å². The lowest BCUT2D eigenvalue weighted by atomic mass is 10.0. The molecule has 0 saturated heterocycles. The molecule has 2 aromatic carbocycles. The molecule has 5 heteroatoms. The molecule has 0 aliphatic carbocycles. The second-order valence-electron chi connectivity index (χ2n) is 4.78. The molecule has 0 spiro atoms. The molecule has 0 amide bonds. The van der Waals surface area contributed by atoms with Crippen molar-refractivity contribution in [3.05, 3.63) is 57.8 Å². The number of aromatic nitrogens is 1. The third-order valence-corrected chi connectivity index (χ3v) is 3.82. The van der Waals surface area contributed by atoms with E-state index in [1.165, 1.54) is 0 Å². The minimum absolute atomic E-state index is 0.178. The Bertz CT molecular complexity index is 885. The largest absolute Gasteiger partial charge is 0.497 e. The van der Waals surface area contributed by atoms with Crippen LogP contribution in [-0.2, 0) is 0 Å². The van der Waals surface area contributed by atoms with Crippen LogP contribution < -0.4 is 15.0 Å². The normalized spacial score (nSPS) is 10.7. The van der Waals surface area contributed by atoms with Crippen LogP contribution in [-0.4, -0.2) is 19.2 Å². The van der Waals surface area contributed by atoms with E-state index in [1.807, 2.05) is 24.3 Å². The van der Waals surface area contributed by atoms with Crippen molar-refractivity contribution < 1.29 is 9.47 Å². The van der Waals surface area contributed by atoms with E-state index >= 15 is 0 Å². The standard InChI is InChI=1S/C17H14ClNO3/c1-21-11-5-3-10(4-6-11)12-9-15(20)19-14-8-7-13(18)17(22-2)16(12)14/h3-9H,1-2H3,(H,19,20). The number of ether oxygens (including phenoxy) is 2. The lowest BCUT2D eigenvalue weighted by molar-refractivity contribution is 0.415. The molecule has 0 atom stereocenters. The minimum atomic E-state index is -0.178. The number of methoxy groups -OCH3 is 2. The van der Waals surface area contributed by atoms with Gasteiger partial charge in [-0.2, -0.15) is 0 Å². The van der Waals surface area contributed by atoms with Gasteiger partial charge in [0.25, 0.3) is 0 Å². The minimum Gasteiger partial charge on any atom is -0.497 e. The molecule has 1 aromatic heterocycles. The number of halogens is 1. The quantitative estimate of drug-likeness (QED) is 0.798. The summed E-state index contributed by atoms with van der Waals surface area (Å²) in [7, 11) is 3.17. The number of nitrogens with one attached hydrogen (secondary N) is 1. The molecule has 112 valence electrons. The van der Waals surface area contributed by atoms with Crippen molar-refractivity contribution in [1.82, 2.24) is 4.98 Å². The van der Waals surface area contributed by atoms with E-state index in [0.29, 0.717) is 16.3 Å². The number of rotatable bonds is 3. The van der Waals surface area contributed by atoms with Crippen molar-refractivity contribution in [3.63, 3.8) is 0 Å². The highest BCUT2D eigenvalue weighted by Gasteiger charge is 2.14. The lowest BCUT2D eigenvalue weighted by Crippen LogP contribution is -2.05. The number of benzene rings is 2. The van der Waals surface area contributed by atoms with Gasteiger partial charge in [0.1, 0.15) is 11.5 Å². The Labute approximate surface area is 132 Å². The van der Waals surface area contributed by atoms with Gasteiger partial charge in [-0.1, -0.05) is 23.7 Å². The summed E-state index contributed by atoms with van der Waals surface area (Å²) in [4.78, 5) is 14.7. The van der Waals surface area contributed by atoms with E-state index in [4.69, 9.17) is 21.1 Å². The molecule has 4 nitrogen and oxygen atoms in total. The van der Waals surface area contributed by atoms with Crippen LogP contribution in [0.1, 0.15) is 0 Å². The zero-order valence-corrected chi connectivity index (χ0v) is 12.9. The summed E-state index contributed by atoms with van der Waals surface area (Å²) in [5.41, 5.74) is 2.15. The predicted octanol–water partition coefficient (Wildman–Crippen LogP) is 3.87. The third-order valence-electron chi connectivity index (χ3n) is 3.52. The van der Waals surface area contributed by atoms with Crippen LogP contribution in [0.15, 0.2) is 47.3 Å². The Morgan fingerprint density at radius 2 is 1.73 bits per heavy atom. The Morgan fingerprint density at radius 3 is 2.36 bits per heavy atom. The van der Waals surface area contributed by atoms with Crippen LogP contribution in [0.5, 0.6) is 11.5 Å². The number of fused-ring (bicyclic) bond motifs is 1. The average molecular weight is 316 g/mol. The average Bonchev–Trinajstić information content (AvgIpc) is 2.54. The van der Waals surface area contributed by atoms with Gasteiger partial charge in [-0.15, -0.1) is 0 Å². The van der Waals surface area contributed by atoms with Crippen LogP contribution in [0.4, 0.5) is 0 Å². The topological polar surface area (TPSA) is 51.3 Å². The van der Waals surface area contributed by atoms with E-state index in [2.05, 4.69) is 4.98 Å². The maximum atomic E-state index is 11.9. The SMILES string of the molecule is COc1ccc(-c2cc(=O)[nH]c3ccc(Cl)c(OC)c23)cc1. The summed E-state index contributed by atoms with van der Waals surface area (Å²) >= 11 is 6.21. The van der Waals surface area contributed by atoms with Gasteiger partial charge in [0.05, 0.1) is 24.8 Å². The zero-order chi connectivity index (χ0) is 15.7. The van der Waals surface area contributed by atoms with Crippen LogP contribution in [0, 0.1) is 0 Å². The molecule has 3 rings (SSSR count). The fraction of sp³-hybridized carbons (Fsp3) is 0.118. The second kappa shape index (κ2) is 5.73. The molecule has 1 N–H and O–H groups in total. The summed E-state index contributed by atoms with van der Waals surface area (Å²) in [5, 5.41) is 1.27. The first-order valence-corrected chi connectivity index (χ1v) is 7.06. The van der Waals surface area contributed by atoms with Gasteiger partial charge in [0.15, 0.2) is 0 Å². The molecule has 0 aliphatic heterocycles. The third kappa shape index (κ3) is 2.42. The van der Waals surface area contributed by atoms with Crippen molar-refractivity contribution in [1.29, 1.82) is 0 Å². The van der Waals surface area contributed by atoms with E-state index in [9.17, 15) is 4.79 Å². The highest BCUT2D eigenvalue weighted by molar-refractivity contribution is 6.33. The van der Waals surface area contributed by atoms with Gasteiger partial charge in [-0.3, -0.25) is 4.79 Å². The summed E-state index contributed by atoms with van der Waals surface area (Å²) in [6.45, 7) is 0. The number of hydrogen-bond donors (Lipinski definition) is 1. The molecule has 0 aliphatic rings. The van der Waals surface area contributed by atoms with Crippen molar-refractivity contribution in [3.8, 4) is 22.6 Å². The summed E-state index contributed by atoms with van der Waals surface area (Å²) in [5.74, 6) is 1.30. The van der Waals surface area contributed by atoms with Gasteiger partial charge in [-0.05, 0) is 29.8 Å². The molecular formula is C17H14ClNO3. The molecule has 0 saturated carbocycles. The van der Waals surface area contributed by atoms with E-state index < -0.39 is 0 Å². The number of pyridine rings is 1. The fourth-order valence-corrected chi connectivity index (χ4v) is 2.73. The zero-order valence-electron chi connectivity index (χ0n) is 12.1. The Morgan fingerprint density at radius 1 is 1.00 bits per heavy atom. The number of hydrogen-bond acceptors (Lipinski definition) is 3. The van der Waals surface area contributed by atoms with Crippen LogP contribution >= 0.6 is 11.6 Å². The molecule has 0 radical (unpaired) electrons. The number of aromatic amines is 1. The van der Waals surface area contributed by atoms with Gasteiger partial charge in [0.2, 0.25) is 5.56 Å². The van der Waals surface area contributed by atoms with Gasteiger partial charge in [0, 0.05) is 17.0 Å². The highest BCUT2D eigenvalue weighted by atomic mass is 35.5. The van der Waals surface area contributed by atoms with Crippen molar-refractivity contribution in [2.45, 2.75) is 0 Å². The molecular weight excluding hydrogens is 302 g/mol. The predicted molar refractivity (Wildman–Crippen MR) is 88.1 cm³/mol. The lowest BCUT2D eigenvalue weighted by Gasteiger charge is -2.12. The molecule has 3 aromatic rings. The van der Waals surface area contributed by atoms with Crippen molar-refractivity contribution >= 4 is 22.5 Å². The molecule has 0 fully saturated rings. The summed E-state index contributed by atoms with van der Waals surface area (Å²) in [6.07, 6.45) is 0. The maximum Gasteiger partial charge on any atom is 0.249 e. The first-order valence-electron chi connectivity index (χ1n) is 6.68. The van der Waals surface area contributed by atoms with Crippen molar-refractivity contribution in [2.24, 2.45) is 0 Å². The van der Waals surface area contributed by atoms with Crippen molar-refractivity contribution in [2.75, 3.05) is 14.2 Å². The first kappa shape index (κ1) is 14.5. The van der Waals surface area contributed by atoms with E-state index in [0.717, 1.165) is 22.3 Å². The summed E-state index contributed by atoms with van der Waals surface area (Å²) < 4.78 is 10.6. The second-order valence-corrected chi connectivity index (χ2v) is 5.19. The van der Waals surface area contributed by atoms with Gasteiger partial charge < -0.3 is 14.5 Å². The molecule has 0 bridgehead atoms. The Kier molecular flexibility index (Phi) is 3.77. The summed E-state index contributed by atoms with van der Waals surface area (Å²) in [6, 6.07) is 12.5. The van der Waals surface area contributed by atoms with Crippen LogP contribution in [0.2, 0.25) is 5.02 Å². The van der Waals surface area contributed by atoms with Gasteiger partial charge in [-0.25, -0.2) is 0 Å². The smallest absolute Gasteiger partial charge is 0.249 e. The Balaban J connectivity index is 2.35. The van der Waals surface area contributed by atoms with E-state index in [-0.39, 0.29) is 5.56 Å². The number of H-pyrrole nitrogens is 1. The van der Waals surface area contributed by atoms with Crippen LogP contribution in [0.3, 0.4) is 0 Å². The van der Waals surface area contributed by atoms with Gasteiger partial charge >= 0.3 is 0 Å². The molecule has 0 unspecified atom stereocenters.